The monoisotopic (exact) mass is 290 g/mol. The quantitative estimate of drug-likeness (QED) is 0.741. The second-order valence-corrected chi connectivity index (χ2v) is 4.36. The van der Waals surface area contributed by atoms with Crippen molar-refractivity contribution in [1.82, 2.24) is 19.5 Å². The normalized spacial score (nSPS) is 10.8. The predicted molar refractivity (Wildman–Crippen MR) is 74.8 cm³/mol. The molecular weight excluding hydrogens is 280 g/mol. The van der Waals surface area contributed by atoms with Crippen LogP contribution in [0.15, 0.2) is 30.9 Å². The van der Waals surface area contributed by atoms with E-state index in [2.05, 4.69) is 15.0 Å². The standard InChI is InChI=1S/C13H11ClN4O2/c1-19-9-4-3-8-11(10(9)14)16-13(17-12(8)20-2)18-6-5-15-7-18/h3-7H,1-2H3. The number of benzene rings is 1. The molecule has 6 nitrogen and oxygen atoms in total. The minimum absolute atomic E-state index is 0.423. The molecular formula is C13H11ClN4O2. The number of halogens is 1. The number of rotatable bonds is 3. The topological polar surface area (TPSA) is 62.1 Å². The van der Waals surface area contributed by atoms with Crippen molar-refractivity contribution in [3.05, 3.63) is 35.9 Å². The highest BCUT2D eigenvalue weighted by atomic mass is 35.5. The Balaban J connectivity index is 2.33. The van der Waals surface area contributed by atoms with Crippen LogP contribution < -0.4 is 9.47 Å². The maximum absolute atomic E-state index is 6.31. The van der Waals surface area contributed by atoms with Crippen LogP contribution in [0, 0.1) is 0 Å². The van der Waals surface area contributed by atoms with Gasteiger partial charge in [0.25, 0.3) is 0 Å². The zero-order valence-electron chi connectivity index (χ0n) is 10.9. The van der Waals surface area contributed by atoms with Gasteiger partial charge in [0.05, 0.1) is 19.6 Å². The Kier molecular flexibility index (Phi) is 3.15. The molecule has 0 unspecified atom stereocenters. The third-order valence-electron chi connectivity index (χ3n) is 2.87. The van der Waals surface area contributed by atoms with Gasteiger partial charge in [-0.05, 0) is 12.1 Å². The molecule has 0 atom stereocenters. The van der Waals surface area contributed by atoms with Gasteiger partial charge < -0.3 is 9.47 Å². The molecule has 0 spiro atoms. The molecule has 0 amide bonds. The number of ether oxygens (including phenoxy) is 2. The molecule has 0 radical (unpaired) electrons. The van der Waals surface area contributed by atoms with Gasteiger partial charge in [-0.3, -0.25) is 4.57 Å². The van der Waals surface area contributed by atoms with Gasteiger partial charge in [-0.25, -0.2) is 9.97 Å². The second-order valence-electron chi connectivity index (χ2n) is 3.98. The number of imidazole rings is 1. The highest BCUT2D eigenvalue weighted by molar-refractivity contribution is 6.36. The summed E-state index contributed by atoms with van der Waals surface area (Å²) >= 11 is 6.31. The molecule has 0 saturated carbocycles. The lowest BCUT2D eigenvalue weighted by molar-refractivity contribution is 0.401. The van der Waals surface area contributed by atoms with Crippen molar-refractivity contribution in [3.8, 4) is 17.6 Å². The summed E-state index contributed by atoms with van der Waals surface area (Å²) in [5, 5.41) is 1.15. The molecule has 0 aliphatic carbocycles. The maximum atomic E-state index is 6.31. The van der Waals surface area contributed by atoms with Crippen molar-refractivity contribution < 1.29 is 9.47 Å². The van der Waals surface area contributed by atoms with Crippen LogP contribution in [0.4, 0.5) is 0 Å². The fourth-order valence-electron chi connectivity index (χ4n) is 1.91. The molecule has 2 heterocycles. The summed E-state index contributed by atoms with van der Waals surface area (Å²) in [6.07, 6.45) is 5.00. The van der Waals surface area contributed by atoms with Crippen molar-refractivity contribution in [2.45, 2.75) is 0 Å². The Labute approximate surface area is 120 Å². The lowest BCUT2D eigenvalue weighted by Gasteiger charge is -2.10. The molecule has 3 aromatic rings. The highest BCUT2D eigenvalue weighted by Crippen LogP contribution is 2.35. The van der Waals surface area contributed by atoms with E-state index in [0.717, 1.165) is 5.39 Å². The first kappa shape index (κ1) is 12.7. The van der Waals surface area contributed by atoms with Crippen molar-refractivity contribution in [2.24, 2.45) is 0 Å². The van der Waals surface area contributed by atoms with Gasteiger partial charge in [-0.1, -0.05) is 11.6 Å². The molecule has 0 N–H and O–H groups in total. The van der Waals surface area contributed by atoms with Gasteiger partial charge in [0.15, 0.2) is 0 Å². The van der Waals surface area contributed by atoms with Gasteiger partial charge in [-0.2, -0.15) is 4.98 Å². The van der Waals surface area contributed by atoms with E-state index < -0.39 is 0 Å². The molecule has 3 rings (SSSR count). The number of methoxy groups -OCH3 is 2. The molecule has 0 aliphatic heterocycles. The Morgan fingerprint density at radius 2 is 2.00 bits per heavy atom. The fraction of sp³-hybridized carbons (Fsp3) is 0.154. The SMILES string of the molecule is COc1ccc2c(OC)nc(-n3ccnc3)nc2c1Cl. The number of fused-ring (bicyclic) bond motifs is 1. The van der Waals surface area contributed by atoms with E-state index in [1.54, 1.807) is 43.6 Å². The van der Waals surface area contributed by atoms with E-state index in [-0.39, 0.29) is 0 Å². The van der Waals surface area contributed by atoms with Crippen LogP contribution in [-0.2, 0) is 0 Å². The Morgan fingerprint density at radius 3 is 2.65 bits per heavy atom. The van der Waals surface area contributed by atoms with Gasteiger partial charge in [0, 0.05) is 12.4 Å². The summed E-state index contributed by atoms with van der Waals surface area (Å²) in [5.41, 5.74) is 0.571. The van der Waals surface area contributed by atoms with Gasteiger partial charge in [0.1, 0.15) is 22.6 Å². The molecule has 1 aromatic carbocycles. The molecule has 20 heavy (non-hydrogen) atoms. The molecule has 0 aliphatic rings. The summed E-state index contributed by atoms with van der Waals surface area (Å²) < 4.78 is 12.2. The summed E-state index contributed by atoms with van der Waals surface area (Å²) in [4.78, 5) is 12.8. The van der Waals surface area contributed by atoms with Crippen molar-refractivity contribution in [2.75, 3.05) is 14.2 Å². The minimum Gasteiger partial charge on any atom is -0.495 e. The predicted octanol–water partition coefficient (Wildman–Crippen LogP) is 2.49. The van der Waals surface area contributed by atoms with Crippen LogP contribution in [0.5, 0.6) is 11.6 Å². The van der Waals surface area contributed by atoms with Crippen molar-refractivity contribution in [3.63, 3.8) is 0 Å². The van der Waals surface area contributed by atoms with E-state index >= 15 is 0 Å². The first-order chi connectivity index (χ1) is 9.74. The fourth-order valence-corrected chi connectivity index (χ4v) is 2.19. The molecule has 0 fully saturated rings. The van der Waals surface area contributed by atoms with Crippen molar-refractivity contribution in [1.29, 1.82) is 0 Å². The van der Waals surface area contributed by atoms with E-state index in [1.165, 1.54) is 0 Å². The largest absolute Gasteiger partial charge is 0.495 e. The summed E-state index contributed by atoms with van der Waals surface area (Å²) in [6, 6.07) is 3.57. The second kappa shape index (κ2) is 4.97. The lowest BCUT2D eigenvalue weighted by Crippen LogP contribution is -2.02. The molecule has 0 bridgehead atoms. The van der Waals surface area contributed by atoms with E-state index in [4.69, 9.17) is 21.1 Å². The van der Waals surface area contributed by atoms with Crippen LogP contribution in [0.1, 0.15) is 0 Å². The lowest BCUT2D eigenvalue weighted by atomic mass is 10.2. The molecule has 102 valence electrons. The van der Waals surface area contributed by atoms with Gasteiger partial charge in [-0.15, -0.1) is 0 Å². The Hall–Kier alpha value is -2.34. The smallest absolute Gasteiger partial charge is 0.238 e. The average molecular weight is 291 g/mol. The van der Waals surface area contributed by atoms with Crippen LogP contribution >= 0.6 is 11.6 Å². The van der Waals surface area contributed by atoms with Gasteiger partial charge in [0.2, 0.25) is 11.8 Å². The van der Waals surface area contributed by atoms with Crippen molar-refractivity contribution >= 4 is 22.5 Å². The third kappa shape index (κ3) is 1.94. The number of hydrogen-bond donors (Lipinski definition) is 0. The molecule has 7 heteroatoms. The van der Waals surface area contributed by atoms with E-state index in [9.17, 15) is 0 Å². The zero-order valence-corrected chi connectivity index (χ0v) is 11.6. The number of hydrogen-bond acceptors (Lipinski definition) is 5. The van der Waals surface area contributed by atoms with E-state index in [1.807, 2.05) is 6.07 Å². The molecule has 0 saturated heterocycles. The summed E-state index contributed by atoms with van der Waals surface area (Å²) in [6.45, 7) is 0. The average Bonchev–Trinajstić information content (AvgIpc) is 3.01. The van der Waals surface area contributed by atoms with Crippen LogP contribution in [0.2, 0.25) is 5.02 Å². The first-order valence-corrected chi connectivity index (χ1v) is 6.19. The van der Waals surface area contributed by atoms with Crippen LogP contribution in [0.25, 0.3) is 16.9 Å². The third-order valence-corrected chi connectivity index (χ3v) is 3.24. The van der Waals surface area contributed by atoms with Crippen LogP contribution in [-0.4, -0.2) is 33.7 Å². The van der Waals surface area contributed by atoms with E-state index in [0.29, 0.717) is 28.1 Å². The maximum Gasteiger partial charge on any atom is 0.238 e. The highest BCUT2D eigenvalue weighted by Gasteiger charge is 2.14. The Morgan fingerprint density at radius 1 is 1.15 bits per heavy atom. The molecule has 2 aromatic heterocycles. The summed E-state index contributed by atoms with van der Waals surface area (Å²) in [5.74, 6) is 1.43. The number of aromatic nitrogens is 4. The van der Waals surface area contributed by atoms with Gasteiger partial charge >= 0.3 is 0 Å². The minimum atomic E-state index is 0.423. The Bertz CT molecular complexity index is 759. The summed E-state index contributed by atoms with van der Waals surface area (Å²) in [7, 11) is 3.11. The first-order valence-electron chi connectivity index (χ1n) is 5.81. The van der Waals surface area contributed by atoms with Crippen LogP contribution in [0.3, 0.4) is 0 Å². The zero-order chi connectivity index (χ0) is 14.1. The number of nitrogens with zero attached hydrogens (tertiary/aromatic N) is 4.